The van der Waals surface area contributed by atoms with E-state index in [2.05, 4.69) is 53.8 Å². The van der Waals surface area contributed by atoms with Gasteiger partial charge in [-0.3, -0.25) is 4.90 Å². The van der Waals surface area contributed by atoms with Crippen molar-refractivity contribution >= 4 is 17.0 Å². The first-order valence-electron chi connectivity index (χ1n) is 8.70. The van der Waals surface area contributed by atoms with Crippen LogP contribution in [0.1, 0.15) is 23.2 Å². The van der Waals surface area contributed by atoms with Crippen LogP contribution in [-0.4, -0.2) is 42.3 Å². The standard InChI is InChI=1S/C19H27N3OS/c1-15-11-16(2)13-18(12-15)20-19-22(17(3)14-24-19)6-4-5-21-7-9-23-10-8-21/h11-14H,4-10H2,1-3H3. The van der Waals surface area contributed by atoms with Gasteiger partial charge in [0.2, 0.25) is 0 Å². The predicted molar refractivity (Wildman–Crippen MR) is 100 cm³/mol. The smallest absolute Gasteiger partial charge is 0.190 e. The Morgan fingerprint density at radius 2 is 1.75 bits per heavy atom. The molecule has 0 saturated carbocycles. The van der Waals surface area contributed by atoms with Crippen LogP contribution in [0.2, 0.25) is 0 Å². The van der Waals surface area contributed by atoms with E-state index >= 15 is 0 Å². The van der Waals surface area contributed by atoms with Gasteiger partial charge in [0.25, 0.3) is 0 Å². The Morgan fingerprint density at radius 3 is 2.46 bits per heavy atom. The van der Waals surface area contributed by atoms with Gasteiger partial charge in [-0.05, 0) is 50.5 Å². The molecule has 130 valence electrons. The molecular formula is C19H27N3OS. The third-order valence-corrected chi connectivity index (χ3v) is 5.36. The van der Waals surface area contributed by atoms with Crippen LogP contribution in [0.3, 0.4) is 0 Å². The third-order valence-electron chi connectivity index (χ3n) is 4.38. The Kier molecular flexibility index (Phi) is 5.87. The molecule has 4 nitrogen and oxygen atoms in total. The van der Waals surface area contributed by atoms with Crippen LogP contribution in [-0.2, 0) is 11.3 Å². The summed E-state index contributed by atoms with van der Waals surface area (Å²) in [6.45, 7) is 12.5. The molecular weight excluding hydrogens is 318 g/mol. The summed E-state index contributed by atoms with van der Waals surface area (Å²) in [5.41, 5.74) is 4.88. The average molecular weight is 346 g/mol. The minimum Gasteiger partial charge on any atom is -0.379 e. The number of aryl methyl sites for hydroxylation is 3. The van der Waals surface area contributed by atoms with Crippen molar-refractivity contribution in [2.45, 2.75) is 33.7 Å². The second-order valence-electron chi connectivity index (χ2n) is 6.58. The topological polar surface area (TPSA) is 29.8 Å². The molecule has 1 saturated heterocycles. The lowest BCUT2D eigenvalue weighted by Gasteiger charge is -2.26. The third kappa shape index (κ3) is 4.56. The van der Waals surface area contributed by atoms with E-state index in [1.807, 2.05) is 0 Å². The molecule has 0 radical (unpaired) electrons. The first-order chi connectivity index (χ1) is 11.6. The summed E-state index contributed by atoms with van der Waals surface area (Å²) in [6, 6.07) is 6.50. The monoisotopic (exact) mass is 345 g/mol. The van der Waals surface area contributed by atoms with Crippen molar-refractivity contribution in [1.29, 1.82) is 0 Å². The van der Waals surface area contributed by atoms with Crippen molar-refractivity contribution in [2.24, 2.45) is 4.99 Å². The van der Waals surface area contributed by atoms with Gasteiger partial charge in [0, 0.05) is 37.3 Å². The highest BCUT2D eigenvalue weighted by atomic mass is 32.1. The fourth-order valence-corrected chi connectivity index (χ4v) is 4.10. The molecule has 0 N–H and O–H groups in total. The van der Waals surface area contributed by atoms with Gasteiger partial charge < -0.3 is 9.30 Å². The van der Waals surface area contributed by atoms with Gasteiger partial charge in [0.05, 0.1) is 18.9 Å². The van der Waals surface area contributed by atoms with Crippen molar-refractivity contribution in [3.8, 4) is 0 Å². The zero-order valence-corrected chi connectivity index (χ0v) is 15.7. The number of ether oxygens (including phenoxy) is 1. The Bertz CT molecular complexity index is 721. The Morgan fingerprint density at radius 1 is 1.04 bits per heavy atom. The van der Waals surface area contributed by atoms with Crippen molar-refractivity contribution < 1.29 is 4.74 Å². The lowest BCUT2D eigenvalue weighted by Crippen LogP contribution is -2.37. The van der Waals surface area contributed by atoms with Gasteiger partial charge in [-0.25, -0.2) is 4.99 Å². The van der Waals surface area contributed by atoms with E-state index in [0.717, 1.165) is 56.3 Å². The van der Waals surface area contributed by atoms with Crippen LogP contribution in [0.5, 0.6) is 0 Å². The molecule has 1 aliphatic heterocycles. The fraction of sp³-hybridized carbons (Fsp3) is 0.526. The summed E-state index contributed by atoms with van der Waals surface area (Å²) in [5.74, 6) is 0. The van der Waals surface area contributed by atoms with Gasteiger partial charge >= 0.3 is 0 Å². The molecule has 0 aliphatic carbocycles. The van der Waals surface area contributed by atoms with Gasteiger partial charge in [0.1, 0.15) is 0 Å². The number of hydrogen-bond donors (Lipinski definition) is 0. The maximum Gasteiger partial charge on any atom is 0.190 e. The first kappa shape index (κ1) is 17.4. The molecule has 0 atom stereocenters. The molecule has 1 aromatic heterocycles. The van der Waals surface area contributed by atoms with E-state index in [4.69, 9.17) is 9.73 Å². The molecule has 0 spiro atoms. The number of morpholine rings is 1. The summed E-state index contributed by atoms with van der Waals surface area (Å²) in [7, 11) is 0. The minimum atomic E-state index is 0.873. The van der Waals surface area contributed by atoms with Crippen LogP contribution in [0.25, 0.3) is 0 Å². The SMILES string of the molecule is Cc1cc(C)cc(N=c2scc(C)n2CCCN2CCOCC2)c1. The molecule has 1 aliphatic rings. The normalized spacial score (nSPS) is 16.7. The number of aromatic nitrogens is 1. The lowest BCUT2D eigenvalue weighted by atomic mass is 10.1. The van der Waals surface area contributed by atoms with Crippen LogP contribution < -0.4 is 4.80 Å². The molecule has 0 amide bonds. The second-order valence-corrected chi connectivity index (χ2v) is 7.41. The number of thiazole rings is 1. The average Bonchev–Trinajstić information content (AvgIpc) is 2.88. The van der Waals surface area contributed by atoms with Crippen LogP contribution in [0.4, 0.5) is 5.69 Å². The zero-order chi connectivity index (χ0) is 16.9. The van der Waals surface area contributed by atoms with E-state index < -0.39 is 0 Å². The Hall–Kier alpha value is -1.43. The fourth-order valence-electron chi connectivity index (χ4n) is 3.18. The molecule has 2 heterocycles. The van der Waals surface area contributed by atoms with Crippen LogP contribution in [0, 0.1) is 20.8 Å². The summed E-state index contributed by atoms with van der Waals surface area (Å²) >= 11 is 1.73. The van der Waals surface area contributed by atoms with Crippen molar-refractivity contribution in [3.63, 3.8) is 0 Å². The molecule has 24 heavy (non-hydrogen) atoms. The van der Waals surface area contributed by atoms with E-state index in [1.54, 1.807) is 11.3 Å². The Balaban J connectivity index is 1.72. The van der Waals surface area contributed by atoms with Crippen molar-refractivity contribution in [2.75, 3.05) is 32.8 Å². The van der Waals surface area contributed by atoms with E-state index in [1.165, 1.54) is 16.8 Å². The van der Waals surface area contributed by atoms with Crippen molar-refractivity contribution in [1.82, 2.24) is 9.47 Å². The minimum absolute atomic E-state index is 0.873. The van der Waals surface area contributed by atoms with Crippen molar-refractivity contribution in [3.05, 3.63) is 45.2 Å². The lowest BCUT2D eigenvalue weighted by molar-refractivity contribution is 0.0369. The van der Waals surface area contributed by atoms with Gasteiger partial charge in [-0.1, -0.05) is 6.07 Å². The van der Waals surface area contributed by atoms with Gasteiger partial charge in [-0.2, -0.15) is 0 Å². The Labute approximate surface area is 148 Å². The molecule has 0 unspecified atom stereocenters. The van der Waals surface area contributed by atoms with Crippen LogP contribution in [0.15, 0.2) is 28.6 Å². The molecule has 5 heteroatoms. The van der Waals surface area contributed by atoms with Crippen LogP contribution >= 0.6 is 11.3 Å². The molecule has 0 bridgehead atoms. The zero-order valence-electron chi connectivity index (χ0n) is 14.9. The highest BCUT2D eigenvalue weighted by Gasteiger charge is 2.10. The van der Waals surface area contributed by atoms with E-state index in [-0.39, 0.29) is 0 Å². The first-order valence-corrected chi connectivity index (χ1v) is 9.58. The number of benzene rings is 1. The summed E-state index contributed by atoms with van der Waals surface area (Å²) in [6.07, 6.45) is 1.15. The van der Waals surface area contributed by atoms with Gasteiger partial charge in [0.15, 0.2) is 4.80 Å². The number of nitrogens with zero attached hydrogens (tertiary/aromatic N) is 3. The summed E-state index contributed by atoms with van der Waals surface area (Å²) < 4.78 is 7.77. The molecule has 1 fully saturated rings. The van der Waals surface area contributed by atoms with Gasteiger partial charge in [-0.15, -0.1) is 11.3 Å². The van der Waals surface area contributed by atoms with E-state index in [9.17, 15) is 0 Å². The maximum absolute atomic E-state index is 5.42. The highest BCUT2D eigenvalue weighted by molar-refractivity contribution is 7.07. The number of rotatable bonds is 5. The molecule has 1 aromatic carbocycles. The van der Waals surface area contributed by atoms with E-state index in [0.29, 0.717) is 0 Å². The molecule has 2 aromatic rings. The predicted octanol–water partition coefficient (Wildman–Crippen LogP) is 3.43. The number of hydrogen-bond acceptors (Lipinski definition) is 4. The summed E-state index contributed by atoms with van der Waals surface area (Å²) in [4.78, 5) is 8.49. The highest BCUT2D eigenvalue weighted by Crippen LogP contribution is 2.16. The molecule has 3 rings (SSSR count). The largest absolute Gasteiger partial charge is 0.379 e. The quantitative estimate of drug-likeness (QED) is 0.831. The second kappa shape index (κ2) is 8.10. The summed E-state index contributed by atoms with van der Waals surface area (Å²) in [5, 5.41) is 2.20. The maximum atomic E-state index is 5.42.